The molecule has 2 rings (SSSR count). The number of rotatable bonds is 5. The summed E-state index contributed by atoms with van der Waals surface area (Å²) in [4.78, 5) is 29.8. The van der Waals surface area contributed by atoms with Gasteiger partial charge < -0.3 is 4.74 Å². The molecule has 2 N–H and O–H groups in total. The first kappa shape index (κ1) is 16.1. The fourth-order valence-electron chi connectivity index (χ4n) is 1.69. The van der Waals surface area contributed by atoms with Crippen LogP contribution in [0.5, 0.6) is 5.88 Å². The second kappa shape index (κ2) is 6.64. The first-order valence-electron chi connectivity index (χ1n) is 6.30. The molecule has 0 saturated heterocycles. The van der Waals surface area contributed by atoms with Crippen molar-refractivity contribution in [2.24, 2.45) is 0 Å². The Morgan fingerprint density at radius 2 is 2.17 bits per heavy atom. The highest BCUT2D eigenvalue weighted by Crippen LogP contribution is 2.22. The minimum atomic E-state index is -0.845. The monoisotopic (exact) mass is 321 g/mol. The number of carbonyl (C=O) groups excluding carboxylic acids is 1. The summed E-state index contributed by atoms with van der Waals surface area (Å²) in [6.45, 7) is 1.26. The molecule has 23 heavy (non-hydrogen) atoms. The Bertz CT molecular complexity index is 768. The number of anilines is 1. The molecule has 1 heterocycles. The molecule has 0 aliphatic rings. The third-order valence-electron chi connectivity index (χ3n) is 2.90. The maximum Gasteiger partial charge on any atom is 0.276 e. The number of benzene rings is 1. The number of methoxy groups -OCH3 is 1. The number of nitrogens with one attached hydrogen (secondary N) is 2. The Morgan fingerprint density at radius 3 is 2.83 bits per heavy atom. The van der Waals surface area contributed by atoms with Gasteiger partial charge >= 0.3 is 0 Å². The lowest BCUT2D eigenvalue weighted by Crippen LogP contribution is -2.30. The van der Waals surface area contributed by atoms with Gasteiger partial charge in [-0.15, -0.1) is 0 Å². The van der Waals surface area contributed by atoms with Crippen molar-refractivity contribution in [1.82, 2.24) is 15.4 Å². The van der Waals surface area contributed by atoms with E-state index in [0.717, 1.165) is 12.1 Å². The third kappa shape index (κ3) is 3.67. The SMILES string of the molecule is COc1ccnc(NNC(=O)c2cc(F)c(C)c([N+](=O)[O-])c2)n1. The van der Waals surface area contributed by atoms with Crippen molar-refractivity contribution in [1.29, 1.82) is 0 Å². The predicted molar refractivity (Wildman–Crippen MR) is 77.5 cm³/mol. The zero-order valence-electron chi connectivity index (χ0n) is 12.2. The van der Waals surface area contributed by atoms with E-state index < -0.39 is 22.3 Å². The first-order valence-corrected chi connectivity index (χ1v) is 6.30. The van der Waals surface area contributed by atoms with Crippen LogP contribution in [-0.4, -0.2) is 27.9 Å². The summed E-state index contributed by atoms with van der Waals surface area (Å²) < 4.78 is 18.6. The summed E-state index contributed by atoms with van der Waals surface area (Å²) in [5, 5.41) is 10.9. The van der Waals surface area contributed by atoms with Crippen molar-refractivity contribution >= 4 is 17.5 Å². The van der Waals surface area contributed by atoms with Crippen molar-refractivity contribution in [2.45, 2.75) is 6.92 Å². The van der Waals surface area contributed by atoms with E-state index in [2.05, 4.69) is 20.8 Å². The van der Waals surface area contributed by atoms with Gasteiger partial charge in [0.1, 0.15) is 5.82 Å². The Kier molecular flexibility index (Phi) is 4.64. The van der Waals surface area contributed by atoms with Gasteiger partial charge in [-0.25, -0.2) is 9.37 Å². The average Bonchev–Trinajstić information content (AvgIpc) is 2.54. The number of nitro groups is 1. The zero-order valence-corrected chi connectivity index (χ0v) is 12.2. The van der Waals surface area contributed by atoms with Gasteiger partial charge in [-0.1, -0.05) is 0 Å². The topological polar surface area (TPSA) is 119 Å². The number of nitrogens with zero attached hydrogens (tertiary/aromatic N) is 3. The number of amides is 1. The van der Waals surface area contributed by atoms with E-state index >= 15 is 0 Å². The van der Waals surface area contributed by atoms with E-state index in [4.69, 9.17) is 4.74 Å². The number of hydrogen-bond donors (Lipinski definition) is 2. The number of nitro benzene ring substituents is 1. The first-order chi connectivity index (χ1) is 10.9. The maximum absolute atomic E-state index is 13.7. The van der Waals surface area contributed by atoms with Crippen LogP contribution in [0.4, 0.5) is 16.0 Å². The number of aromatic nitrogens is 2. The molecule has 120 valence electrons. The minimum absolute atomic E-state index is 0.0415. The fourth-order valence-corrected chi connectivity index (χ4v) is 1.69. The molecule has 0 saturated carbocycles. The summed E-state index contributed by atoms with van der Waals surface area (Å²) in [5.41, 5.74) is 3.79. The Hall–Kier alpha value is -3.30. The zero-order chi connectivity index (χ0) is 17.0. The fraction of sp³-hybridized carbons (Fsp3) is 0.154. The third-order valence-corrected chi connectivity index (χ3v) is 2.90. The summed E-state index contributed by atoms with van der Waals surface area (Å²) >= 11 is 0. The average molecular weight is 321 g/mol. The lowest BCUT2D eigenvalue weighted by atomic mass is 10.1. The maximum atomic E-state index is 13.7. The molecule has 1 aromatic carbocycles. The molecule has 1 aromatic heterocycles. The van der Waals surface area contributed by atoms with Gasteiger partial charge in [-0.05, 0) is 13.0 Å². The number of carbonyl (C=O) groups is 1. The van der Waals surface area contributed by atoms with Crippen LogP contribution in [0.15, 0.2) is 24.4 Å². The van der Waals surface area contributed by atoms with Crippen LogP contribution >= 0.6 is 0 Å². The summed E-state index contributed by atoms with van der Waals surface area (Å²) in [5.74, 6) is -1.31. The van der Waals surface area contributed by atoms with Crippen molar-refractivity contribution in [2.75, 3.05) is 12.5 Å². The van der Waals surface area contributed by atoms with Crippen LogP contribution in [0.2, 0.25) is 0 Å². The molecule has 2 aromatic rings. The van der Waals surface area contributed by atoms with Gasteiger partial charge in [-0.3, -0.25) is 25.8 Å². The van der Waals surface area contributed by atoms with Crippen LogP contribution < -0.4 is 15.6 Å². The van der Waals surface area contributed by atoms with Gasteiger partial charge in [-0.2, -0.15) is 4.98 Å². The number of hydrazine groups is 1. The molecule has 10 heteroatoms. The van der Waals surface area contributed by atoms with E-state index in [1.165, 1.54) is 26.3 Å². The molecular formula is C13H12FN5O4. The van der Waals surface area contributed by atoms with Crippen molar-refractivity contribution in [3.63, 3.8) is 0 Å². The lowest BCUT2D eigenvalue weighted by molar-refractivity contribution is -0.385. The second-order valence-corrected chi connectivity index (χ2v) is 4.36. The smallest absolute Gasteiger partial charge is 0.276 e. The molecule has 0 fully saturated rings. The molecule has 0 unspecified atom stereocenters. The standard InChI is InChI=1S/C13H12FN5O4/c1-7-9(14)5-8(6-10(7)19(21)22)12(20)17-18-13-15-4-3-11(16-13)23-2/h3-6H,1-2H3,(H,17,20)(H,15,16,18). The van der Waals surface area contributed by atoms with Gasteiger partial charge in [0, 0.05) is 18.3 Å². The van der Waals surface area contributed by atoms with Gasteiger partial charge in [0.25, 0.3) is 11.6 Å². The van der Waals surface area contributed by atoms with E-state index in [1.54, 1.807) is 0 Å². The molecular weight excluding hydrogens is 309 g/mol. The molecule has 0 spiro atoms. The van der Waals surface area contributed by atoms with Crippen LogP contribution in [0.1, 0.15) is 15.9 Å². The van der Waals surface area contributed by atoms with Crippen LogP contribution in [0.3, 0.4) is 0 Å². The van der Waals surface area contributed by atoms with Crippen molar-refractivity contribution < 1.29 is 18.8 Å². The van der Waals surface area contributed by atoms with E-state index in [9.17, 15) is 19.3 Å². The molecule has 9 nitrogen and oxygen atoms in total. The van der Waals surface area contributed by atoms with Crippen LogP contribution in [0, 0.1) is 22.9 Å². The highest BCUT2D eigenvalue weighted by atomic mass is 19.1. The second-order valence-electron chi connectivity index (χ2n) is 4.36. The number of hydrogen-bond acceptors (Lipinski definition) is 7. The largest absolute Gasteiger partial charge is 0.481 e. The van der Waals surface area contributed by atoms with E-state index in [1.807, 2.05) is 0 Å². The van der Waals surface area contributed by atoms with E-state index in [-0.39, 0.29) is 23.0 Å². The highest BCUT2D eigenvalue weighted by Gasteiger charge is 2.19. The summed E-state index contributed by atoms with van der Waals surface area (Å²) in [7, 11) is 1.42. The van der Waals surface area contributed by atoms with Gasteiger partial charge in [0.2, 0.25) is 11.8 Å². The Balaban J connectivity index is 2.16. The minimum Gasteiger partial charge on any atom is -0.481 e. The van der Waals surface area contributed by atoms with E-state index in [0.29, 0.717) is 0 Å². The number of ether oxygens (including phenoxy) is 1. The summed E-state index contributed by atoms with van der Waals surface area (Å²) in [6.07, 6.45) is 1.40. The van der Waals surface area contributed by atoms with Crippen LogP contribution in [-0.2, 0) is 0 Å². The van der Waals surface area contributed by atoms with Crippen molar-refractivity contribution in [3.05, 3.63) is 51.5 Å². The lowest BCUT2D eigenvalue weighted by Gasteiger charge is -2.08. The normalized spacial score (nSPS) is 10.0. The van der Waals surface area contributed by atoms with Gasteiger partial charge in [0.05, 0.1) is 23.2 Å². The predicted octanol–water partition coefficient (Wildman–Crippen LogP) is 1.60. The Morgan fingerprint density at radius 1 is 1.43 bits per heavy atom. The van der Waals surface area contributed by atoms with Crippen LogP contribution in [0.25, 0.3) is 0 Å². The highest BCUT2D eigenvalue weighted by molar-refractivity contribution is 5.95. The molecule has 0 bridgehead atoms. The molecule has 0 radical (unpaired) electrons. The van der Waals surface area contributed by atoms with Crippen molar-refractivity contribution in [3.8, 4) is 5.88 Å². The molecule has 0 atom stereocenters. The quantitative estimate of drug-likeness (QED) is 0.634. The molecule has 0 aliphatic heterocycles. The summed E-state index contributed by atoms with van der Waals surface area (Å²) in [6, 6.07) is 3.40. The Labute approximate surface area is 129 Å². The molecule has 0 aliphatic carbocycles. The molecule has 1 amide bonds. The number of halogens is 1. The van der Waals surface area contributed by atoms with Gasteiger partial charge in [0.15, 0.2) is 0 Å².